The van der Waals surface area contributed by atoms with Gasteiger partial charge in [0.2, 0.25) is 11.7 Å². The summed E-state index contributed by atoms with van der Waals surface area (Å²) in [5, 5.41) is 0. The van der Waals surface area contributed by atoms with Crippen molar-refractivity contribution < 1.29 is 28.5 Å². The molecule has 2 heterocycles. The van der Waals surface area contributed by atoms with Crippen LogP contribution in [-0.2, 0) is 9.53 Å². The summed E-state index contributed by atoms with van der Waals surface area (Å²) < 4.78 is 22.7. The molecule has 0 aliphatic carbocycles. The first-order valence-corrected chi connectivity index (χ1v) is 15.4. The molecule has 0 radical (unpaired) electrons. The fourth-order valence-electron chi connectivity index (χ4n) is 6.51. The van der Waals surface area contributed by atoms with E-state index in [4.69, 9.17) is 18.9 Å². The normalized spacial score (nSPS) is 18.4. The van der Waals surface area contributed by atoms with Gasteiger partial charge in [-0.15, -0.1) is 0 Å². The van der Waals surface area contributed by atoms with Crippen molar-refractivity contribution >= 4 is 11.8 Å². The highest BCUT2D eigenvalue weighted by Crippen LogP contribution is 2.40. The summed E-state index contributed by atoms with van der Waals surface area (Å²) in [5.41, 5.74) is 3.57. The topological polar surface area (TPSA) is 80.8 Å². The van der Waals surface area contributed by atoms with Crippen molar-refractivity contribution in [2.24, 2.45) is 0 Å². The first kappa shape index (κ1) is 31.1. The Kier molecular flexibility index (Phi) is 9.51. The lowest BCUT2D eigenvalue weighted by Gasteiger charge is -2.41. The van der Waals surface area contributed by atoms with Crippen LogP contribution in [0.5, 0.6) is 17.2 Å². The van der Waals surface area contributed by atoms with Crippen LogP contribution in [0.4, 0.5) is 0 Å². The van der Waals surface area contributed by atoms with Crippen LogP contribution in [0, 0.1) is 0 Å². The molecule has 2 amide bonds. The quantitative estimate of drug-likeness (QED) is 0.255. The van der Waals surface area contributed by atoms with Crippen LogP contribution < -0.4 is 14.2 Å². The number of nitrogens with zero attached hydrogens (tertiary/aromatic N) is 3. The molecule has 0 bridgehead atoms. The molecule has 2 saturated heterocycles. The summed E-state index contributed by atoms with van der Waals surface area (Å²) in [7, 11) is 4.52. The second-order valence-electron chi connectivity index (χ2n) is 11.3. The molecule has 4 aromatic carbocycles. The Balaban J connectivity index is 1.27. The lowest BCUT2D eigenvalue weighted by molar-refractivity contribution is -0.138. The van der Waals surface area contributed by atoms with E-state index in [-0.39, 0.29) is 24.6 Å². The van der Waals surface area contributed by atoms with E-state index >= 15 is 0 Å². The van der Waals surface area contributed by atoms with Crippen LogP contribution in [0.1, 0.15) is 39.2 Å². The minimum Gasteiger partial charge on any atom is -0.493 e. The van der Waals surface area contributed by atoms with Gasteiger partial charge in [0.1, 0.15) is 18.9 Å². The lowest BCUT2D eigenvalue weighted by Crippen LogP contribution is -2.56. The van der Waals surface area contributed by atoms with Crippen molar-refractivity contribution in [1.29, 1.82) is 0 Å². The van der Waals surface area contributed by atoms with Crippen LogP contribution in [0.3, 0.4) is 0 Å². The molecule has 0 saturated carbocycles. The van der Waals surface area contributed by atoms with E-state index in [1.54, 1.807) is 12.1 Å². The first-order valence-electron chi connectivity index (χ1n) is 15.4. The number of amides is 2. The Labute approximate surface area is 269 Å². The predicted molar refractivity (Wildman–Crippen MR) is 174 cm³/mol. The average molecular weight is 622 g/mol. The number of carbonyl (C=O) groups is 2. The van der Waals surface area contributed by atoms with Gasteiger partial charge in [0.15, 0.2) is 11.5 Å². The van der Waals surface area contributed by atoms with Gasteiger partial charge in [-0.3, -0.25) is 14.5 Å². The van der Waals surface area contributed by atoms with Gasteiger partial charge in [-0.1, -0.05) is 91.0 Å². The van der Waals surface area contributed by atoms with Crippen molar-refractivity contribution in [3.8, 4) is 17.2 Å². The molecule has 2 atom stereocenters. The molecule has 2 aliphatic heterocycles. The average Bonchev–Trinajstić information content (AvgIpc) is 3.57. The number of hydrogen-bond acceptors (Lipinski definition) is 7. The Morgan fingerprint density at radius 2 is 1.24 bits per heavy atom. The molecule has 0 unspecified atom stereocenters. The van der Waals surface area contributed by atoms with Gasteiger partial charge in [-0.25, -0.2) is 0 Å². The fraction of sp³-hybridized carbons (Fsp3) is 0.297. The summed E-state index contributed by atoms with van der Waals surface area (Å²) in [6.07, 6.45) is -0.612. The maximum absolute atomic E-state index is 14.5. The van der Waals surface area contributed by atoms with Crippen molar-refractivity contribution in [2.75, 3.05) is 54.2 Å². The summed E-state index contributed by atoms with van der Waals surface area (Å²) in [6, 6.07) is 33.0. The molecule has 6 rings (SSSR count). The number of piperazine rings is 1. The maximum atomic E-state index is 14.5. The number of rotatable bonds is 9. The number of benzene rings is 4. The number of ether oxygens (including phenoxy) is 4. The van der Waals surface area contributed by atoms with Crippen LogP contribution in [-0.4, -0.2) is 86.8 Å². The lowest BCUT2D eigenvalue weighted by atomic mass is 9.96. The second kappa shape index (κ2) is 14.1. The molecule has 4 aromatic rings. The number of hydrogen-bond donors (Lipinski definition) is 0. The van der Waals surface area contributed by atoms with Crippen molar-refractivity contribution in [3.63, 3.8) is 0 Å². The summed E-state index contributed by atoms with van der Waals surface area (Å²) in [4.78, 5) is 34.4. The third-order valence-corrected chi connectivity index (χ3v) is 8.79. The zero-order valence-electron chi connectivity index (χ0n) is 26.4. The second-order valence-corrected chi connectivity index (χ2v) is 11.3. The Hall–Kier alpha value is -4.86. The molecular formula is C37H39N3O6. The highest BCUT2D eigenvalue weighted by atomic mass is 16.5. The molecule has 2 aliphatic rings. The smallest absolute Gasteiger partial charge is 0.256 e. The standard InChI is InChI=1S/C37H39N3O6/c1-43-30-23-29(24-31(44-2)35(30)45-3)36(41)40-25-46-34(28-17-11-6-12-18-28)33(40)37(42)39-21-19-38(20-22-39)32(26-13-7-4-8-14-26)27-15-9-5-10-16-27/h4-18,23-24,32-34H,19-22,25H2,1-3H3/t33-,34+/m0/s1. The fourth-order valence-corrected chi connectivity index (χ4v) is 6.51. The van der Waals surface area contributed by atoms with Crippen LogP contribution in [0.15, 0.2) is 103 Å². The van der Waals surface area contributed by atoms with Crippen molar-refractivity contribution in [2.45, 2.75) is 18.2 Å². The van der Waals surface area contributed by atoms with Crippen LogP contribution in [0.25, 0.3) is 0 Å². The van der Waals surface area contributed by atoms with Crippen molar-refractivity contribution in [1.82, 2.24) is 14.7 Å². The van der Waals surface area contributed by atoms with Gasteiger partial charge in [0, 0.05) is 31.7 Å². The van der Waals surface area contributed by atoms with Crippen LogP contribution in [0.2, 0.25) is 0 Å². The van der Waals surface area contributed by atoms with Gasteiger partial charge >= 0.3 is 0 Å². The van der Waals surface area contributed by atoms with Gasteiger partial charge < -0.3 is 28.7 Å². The van der Waals surface area contributed by atoms with Crippen LogP contribution >= 0.6 is 0 Å². The molecule has 9 nitrogen and oxygen atoms in total. The monoisotopic (exact) mass is 621 g/mol. The van der Waals surface area contributed by atoms with E-state index in [0.29, 0.717) is 49.0 Å². The maximum Gasteiger partial charge on any atom is 0.256 e. The van der Waals surface area contributed by atoms with Gasteiger partial charge in [0.05, 0.1) is 27.4 Å². The highest BCUT2D eigenvalue weighted by Gasteiger charge is 2.46. The number of carbonyl (C=O) groups excluding carboxylic acids is 2. The summed E-state index contributed by atoms with van der Waals surface area (Å²) in [6.45, 7) is 2.39. The number of methoxy groups -OCH3 is 3. The van der Waals surface area contributed by atoms with Crippen molar-refractivity contribution in [3.05, 3.63) is 125 Å². The highest BCUT2D eigenvalue weighted by molar-refractivity contribution is 5.99. The molecule has 0 N–H and O–H groups in total. The minimum absolute atomic E-state index is 0.0322. The van der Waals surface area contributed by atoms with Gasteiger partial charge in [-0.2, -0.15) is 0 Å². The Morgan fingerprint density at radius 3 is 1.74 bits per heavy atom. The molecule has 46 heavy (non-hydrogen) atoms. The largest absolute Gasteiger partial charge is 0.493 e. The zero-order chi connectivity index (χ0) is 32.0. The minimum atomic E-state index is -0.848. The molecule has 0 spiro atoms. The predicted octanol–water partition coefficient (Wildman–Crippen LogP) is 5.19. The molecule has 9 heteroatoms. The summed E-state index contributed by atoms with van der Waals surface area (Å²) >= 11 is 0. The van der Waals surface area contributed by atoms with E-state index in [1.807, 2.05) is 47.4 Å². The SMILES string of the molecule is COc1cc(C(=O)N2CO[C@H](c3ccccc3)[C@H]2C(=O)N2CCN(C(c3ccccc3)c3ccccc3)CC2)cc(OC)c1OC. The summed E-state index contributed by atoms with van der Waals surface area (Å²) in [5.74, 6) is 0.604. The Morgan fingerprint density at radius 1 is 0.717 bits per heavy atom. The van der Waals surface area contributed by atoms with E-state index < -0.39 is 12.1 Å². The first-order chi connectivity index (χ1) is 22.5. The van der Waals surface area contributed by atoms with Gasteiger partial charge in [-0.05, 0) is 28.8 Å². The Bertz CT molecular complexity index is 1560. The zero-order valence-corrected chi connectivity index (χ0v) is 26.4. The van der Waals surface area contributed by atoms with E-state index in [9.17, 15) is 9.59 Å². The third kappa shape index (κ3) is 6.16. The van der Waals surface area contributed by atoms with E-state index in [0.717, 1.165) is 5.56 Å². The van der Waals surface area contributed by atoms with E-state index in [1.165, 1.54) is 37.4 Å². The molecule has 2 fully saturated rings. The molecule has 238 valence electrons. The third-order valence-electron chi connectivity index (χ3n) is 8.79. The molecular weight excluding hydrogens is 582 g/mol. The van der Waals surface area contributed by atoms with Gasteiger partial charge in [0.25, 0.3) is 5.91 Å². The van der Waals surface area contributed by atoms with E-state index in [2.05, 4.69) is 53.4 Å². The molecule has 0 aromatic heterocycles.